The number of thiophene rings is 1. The van der Waals surface area contributed by atoms with E-state index < -0.39 is 0 Å². The summed E-state index contributed by atoms with van der Waals surface area (Å²) < 4.78 is 0. The summed E-state index contributed by atoms with van der Waals surface area (Å²) in [6, 6.07) is 2.66. The predicted octanol–water partition coefficient (Wildman–Crippen LogP) is 2.87. The highest BCUT2D eigenvalue weighted by Crippen LogP contribution is 2.28. The van der Waals surface area contributed by atoms with Gasteiger partial charge in [0.05, 0.1) is 0 Å². The minimum atomic E-state index is 0.448. The third-order valence-corrected chi connectivity index (χ3v) is 4.52. The highest BCUT2D eigenvalue weighted by Gasteiger charge is 2.24. The highest BCUT2D eigenvalue weighted by molar-refractivity contribution is 7.07. The lowest BCUT2D eigenvalue weighted by molar-refractivity contribution is 0.134. The molecule has 0 saturated carbocycles. The zero-order valence-electron chi connectivity index (χ0n) is 10.1. The monoisotopic (exact) mass is 238 g/mol. The molecule has 1 atom stereocenters. The maximum absolute atomic E-state index is 5.92. The summed E-state index contributed by atoms with van der Waals surface area (Å²) >= 11 is 1.77. The number of rotatable bonds is 4. The average Bonchev–Trinajstić information content (AvgIpc) is 2.85. The first-order valence-electron chi connectivity index (χ1n) is 6.31. The molecule has 2 N–H and O–H groups in total. The van der Waals surface area contributed by atoms with E-state index in [1.165, 1.54) is 37.9 Å². The van der Waals surface area contributed by atoms with E-state index in [1.54, 1.807) is 11.3 Å². The Morgan fingerprint density at radius 2 is 2.25 bits per heavy atom. The Kier molecular flexibility index (Phi) is 4.38. The van der Waals surface area contributed by atoms with Gasteiger partial charge in [0.25, 0.3) is 0 Å². The molecule has 0 spiro atoms. The molecule has 90 valence electrons. The first kappa shape index (κ1) is 12.1. The van der Waals surface area contributed by atoms with Crippen LogP contribution < -0.4 is 5.73 Å². The van der Waals surface area contributed by atoms with Crippen molar-refractivity contribution in [2.24, 2.45) is 11.7 Å². The van der Waals surface area contributed by atoms with Crippen molar-refractivity contribution in [3.8, 4) is 0 Å². The molecule has 1 unspecified atom stereocenters. The molecular weight excluding hydrogens is 216 g/mol. The average molecular weight is 238 g/mol. The number of hydrogen-bond donors (Lipinski definition) is 1. The molecule has 2 nitrogen and oxygen atoms in total. The summed E-state index contributed by atoms with van der Waals surface area (Å²) in [5, 5.41) is 4.39. The van der Waals surface area contributed by atoms with Gasteiger partial charge in [-0.3, -0.25) is 4.90 Å². The fraction of sp³-hybridized carbons (Fsp3) is 0.692. The van der Waals surface area contributed by atoms with Crippen molar-refractivity contribution >= 4 is 11.3 Å². The summed E-state index contributed by atoms with van der Waals surface area (Å²) in [6.45, 7) is 5.49. The molecule has 0 aromatic carbocycles. The van der Waals surface area contributed by atoms with E-state index in [2.05, 4.69) is 28.7 Å². The second kappa shape index (κ2) is 5.80. The molecule has 2 rings (SSSR count). The lowest BCUT2D eigenvalue weighted by Gasteiger charge is -2.36. The van der Waals surface area contributed by atoms with Crippen molar-refractivity contribution in [1.82, 2.24) is 4.90 Å². The van der Waals surface area contributed by atoms with E-state index in [-0.39, 0.29) is 0 Å². The summed E-state index contributed by atoms with van der Waals surface area (Å²) in [5.41, 5.74) is 7.33. The lowest BCUT2D eigenvalue weighted by Crippen LogP contribution is -2.39. The minimum absolute atomic E-state index is 0.448. The first-order chi connectivity index (χ1) is 7.85. The molecule has 1 aliphatic rings. The quantitative estimate of drug-likeness (QED) is 0.874. The molecule has 0 aliphatic carbocycles. The predicted molar refractivity (Wildman–Crippen MR) is 70.7 cm³/mol. The van der Waals surface area contributed by atoms with Gasteiger partial charge in [-0.2, -0.15) is 11.3 Å². The van der Waals surface area contributed by atoms with E-state index in [1.807, 2.05) is 0 Å². The van der Waals surface area contributed by atoms with Gasteiger partial charge in [-0.1, -0.05) is 13.3 Å². The second-order valence-electron chi connectivity index (χ2n) is 4.70. The van der Waals surface area contributed by atoms with Gasteiger partial charge in [-0.05, 0) is 54.2 Å². The number of likely N-dealkylation sites (tertiary alicyclic amines) is 1. The van der Waals surface area contributed by atoms with E-state index >= 15 is 0 Å². The van der Waals surface area contributed by atoms with Crippen molar-refractivity contribution in [1.29, 1.82) is 0 Å². The Bertz CT molecular complexity index is 289. The van der Waals surface area contributed by atoms with Crippen molar-refractivity contribution in [2.75, 3.05) is 19.6 Å². The van der Waals surface area contributed by atoms with Gasteiger partial charge in [0.1, 0.15) is 0 Å². The summed E-state index contributed by atoms with van der Waals surface area (Å²) in [7, 11) is 0. The molecule has 0 amide bonds. The van der Waals surface area contributed by atoms with Gasteiger partial charge in [0.15, 0.2) is 0 Å². The van der Waals surface area contributed by atoms with Gasteiger partial charge in [0.2, 0.25) is 0 Å². The lowest BCUT2D eigenvalue weighted by atomic mass is 9.93. The van der Waals surface area contributed by atoms with Gasteiger partial charge in [-0.15, -0.1) is 0 Å². The smallest absolute Gasteiger partial charge is 0.0478 e. The third kappa shape index (κ3) is 2.65. The third-order valence-electron chi connectivity index (χ3n) is 3.82. The maximum atomic E-state index is 5.92. The van der Waals surface area contributed by atoms with Gasteiger partial charge < -0.3 is 5.73 Å². The van der Waals surface area contributed by atoms with Crippen LogP contribution in [0.15, 0.2) is 16.8 Å². The van der Waals surface area contributed by atoms with Crippen LogP contribution in [0.5, 0.6) is 0 Å². The van der Waals surface area contributed by atoms with Crippen LogP contribution in [0.3, 0.4) is 0 Å². The van der Waals surface area contributed by atoms with Crippen molar-refractivity contribution in [3.05, 3.63) is 22.4 Å². The molecule has 0 radical (unpaired) electrons. The Morgan fingerprint density at radius 1 is 1.50 bits per heavy atom. The van der Waals surface area contributed by atoms with Crippen LogP contribution in [0.4, 0.5) is 0 Å². The first-order valence-corrected chi connectivity index (χ1v) is 7.25. The van der Waals surface area contributed by atoms with Crippen LogP contribution in [0.25, 0.3) is 0 Å². The van der Waals surface area contributed by atoms with Crippen LogP contribution in [0.2, 0.25) is 0 Å². The van der Waals surface area contributed by atoms with Gasteiger partial charge in [0, 0.05) is 12.6 Å². The summed E-state index contributed by atoms with van der Waals surface area (Å²) in [4.78, 5) is 2.56. The molecule has 1 aliphatic heterocycles. The molecule has 16 heavy (non-hydrogen) atoms. The standard InChI is InChI=1S/C13H22N2S/c1-2-11-3-6-15(7-4-11)13(9-14)12-5-8-16-10-12/h5,8,10-11,13H,2-4,6-7,9,14H2,1H3. The summed E-state index contributed by atoms with van der Waals surface area (Å²) in [5.74, 6) is 0.942. The Balaban J connectivity index is 1.96. The van der Waals surface area contributed by atoms with Crippen molar-refractivity contribution in [2.45, 2.75) is 32.2 Å². The molecular formula is C13H22N2S. The van der Waals surface area contributed by atoms with E-state index in [4.69, 9.17) is 5.73 Å². The Labute approximate surface area is 102 Å². The van der Waals surface area contributed by atoms with E-state index in [0.29, 0.717) is 6.04 Å². The minimum Gasteiger partial charge on any atom is -0.329 e. The Hall–Kier alpha value is -0.380. The fourth-order valence-corrected chi connectivity index (χ4v) is 3.34. The molecule has 1 fully saturated rings. The zero-order chi connectivity index (χ0) is 11.4. The molecule has 2 heterocycles. The molecule has 1 aromatic heterocycles. The summed E-state index contributed by atoms with van der Waals surface area (Å²) in [6.07, 6.45) is 4.02. The highest BCUT2D eigenvalue weighted by atomic mass is 32.1. The topological polar surface area (TPSA) is 29.3 Å². The van der Waals surface area contributed by atoms with Gasteiger partial charge >= 0.3 is 0 Å². The molecule has 1 aromatic rings. The number of piperidine rings is 1. The van der Waals surface area contributed by atoms with E-state index in [0.717, 1.165) is 12.5 Å². The van der Waals surface area contributed by atoms with Crippen LogP contribution in [0.1, 0.15) is 37.8 Å². The number of nitrogens with zero attached hydrogens (tertiary/aromatic N) is 1. The second-order valence-corrected chi connectivity index (χ2v) is 5.48. The normalized spacial score (nSPS) is 21.1. The van der Waals surface area contributed by atoms with Crippen LogP contribution in [-0.2, 0) is 0 Å². The van der Waals surface area contributed by atoms with Crippen LogP contribution >= 0.6 is 11.3 Å². The zero-order valence-corrected chi connectivity index (χ0v) is 10.9. The number of hydrogen-bond acceptors (Lipinski definition) is 3. The maximum Gasteiger partial charge on any atom is 0.0478 e. The molecule has 3 heteroatoms. The largest absolute Gasteiger partial charge is 0.329 e. The SMILES string of the molecule is CCC1CCN(C(CN)c2ccsc2)CC1. The Morgan fingerprint density at radius 3 is 2.75 bits per heavy atom. The van der Waals surface area contributed by atoms with Crippen LogP contribution in [0, 0.1) is 5.92 Å². The molecule has 0 bridgehead atoms. The van der Waals surface area contributed by atoms with Crippen molar-refractivity contribution < 1.29 is 0 Å². The van der Waals surface area contributed by atoms with Crippen LogP contribution in [-0.4, -0.2) is 24.5 Å². The molecule has 1 saturated heterocycles. The van der Waals surface area contributed by atoms with Crippen molar-refractivity contribution in [3.63, 3.8) is 0 Å². The number of nitrogens with two attached hydrogens (primary N) is 1. The van der Waals surface area contributed by atoms with Gasteiger partial charge in [-0.25, -0.2) is 0 Å². The van der Waals surface area contributed by atoms with E-state index in [9.17, 15) is 0 Å². The fourth-order valence-electron chi connectivity index (χ4n) is 2.63.